The number of pyridine rings is 2. The molecular weight excluding hydrogens is 1050 g/mol. The van der Waals surface area contributed by atoms with Gasteiger partial charge in [0.2, 0.25) is 0 Å². The quantitative estimate of drug-likeness (QED) is 0.0800. The van der Waals surface area contributed by atoms with Gasteiger partial charge in [0.15, 0.2) is 16.9 Å². The van der Waals surface area contributed by atoms with Gasteiger partial charge in [-0.05, 0) is 86.3 Å². The summed E-state index contributed by atoms with van der Waals surface area (Å²) in [6.45, 7) is 4.76. The first-order valence-corrected chi connectivity index (χ1v) is 28.0. The van der Waals surface area contributed by atoms with Gasteiger partial charge < -0.3 is 16.0 Å². The highest BCUT2D eigenvalue weighted by molar-refractivity contribution is 6.05. The van der Waals surface area contributed by atoms with E-state index >= 15 is 0 Å². The normalized spacial score (nSPS) is 14.8. The zero-order valence-corrected chi connectivity index (χ0v) is 46.5. The van der Waals surface area contributed by atoms with Crippen LogP contribution < -0.4 is 21.0 Å². The zero-order chi connectivity index (χ0) is 57.5. The van der Waals surface area contributed by atoms with Crippen LogP contribution in [0.3, 0.4) is 0 Å². The Hall–Kier alpha value is -10.4. The van der Waals surface area contributed by atoms with Crippen LogP contribution in [0.2, 0.25) is 0 Å². The largest absolute Gasteiger partial charge is 0.306 e. The van der Waals surface area contributed by atoms with Crippen LogP contribution in [-0.4, -0.2) is 85.1 Å². The van der Waals surface area contributed by atoms with Crippen LogP contribution in [0.1, 0.15) is 101 Å². The summed E-state index contributed by atoms with van der Waals surface area (Å²) in [4.78, 5) is 66.1. The van der Waals surface area contributed by atoms with E-state index in [0.29, 0.717) is 58.5 Å². The van der Waals surface area contributed by atoms with Crippen molar-refractivity contribution < 1.29 is 24.3 Å². The zero-order valence-electron chi connectivity index (χ0n) is 46.5. The summed E-state index contributed by atoms with van der Waals surface area (Å²) in [6, 6.07) is 42.3. The summed E-state index contributed by atoms with van der Waals surface area (Å²) in [6.07, 6.45) is 23.1. The number of hydroxylamine groups is 2. The van der Waals surface area contributed by atoms with Gasteiger partial charge in [-0.2, -0.15) is 33.9 Å². The smallest absolute Gasteiger partial charge is 0.258 e. The highest BCUT2D eigenvalue weighted by atomic mass is 16.7. The van der Waals surface area contributed by atoms with Crippen molar-refractivity contribution in [3.8, 4) is 33.8 Å². The minimum Gasteiger partial charge on any atom is -0.306 e. The maximum atomic E-state index is 12.9. The molecule has 19 nitrogen and oxygen atoms in total. The van der Waals surface area contributed by atoms with Crippen molar-refractivity contribution in [3.63, 3.8) is 0 Å². The Morgan fingerprint density at radius 2 is 1.04 bits per heavy atom. The van der Waals surface area contributed by atoms with Crippen LogP contribution in [0.5, 0.6) is 0 Å². The number of allylic oxidation sites excluding steroid dienone is 2. The van der Waals surface area contributed by atoms with Crippen LogP contribution in [0, 0.1) is 0 Å². The number of quaternary nitrogens is 1. The van der Waals surface area contributed by atoms with Gasteiger partial charge in [0, 0.05) is 81.9 Å². The van der Waals surface area contributed by atoms with Crippen LogP contribution >= 0.6 is 0 Å². The van der Waals surface area contributed by atoms with Gasteiger partial charge in [0.25, 0.3) is 17.7 Å². The molecule has 3 aliphatic rings. The number of benzene rings is 3. The molecule has 2 fully saturated rings. The number of anilines is 3. The number of rotatable bonds is 14. The number of carbonyl (C=O) groups excluding carboxylic acids is 3. The number of hydrogen-bond acceptors (Lipinski definition) is 12. The SMILES string of the molecule is CCC(C)c1cnn2c(NC(=O)c3cccnc3)cc(-c3ccccc3)nc12.CO[NH+]1C=CC=C(C(=O)Nc2cc(-c3ccccc3)nc3c(C4CC4)cnn23)C1.O=C(Nc1cc(-c2ccccc2)nc2c(C3CC3)cnn12)c1ccncc1. The lowest BCUT2D eigenvalue weighted by atomic mass is 10.0. The van der Waals surface area contributed by atoms with E-state index in [1.807, 2.05) is 146 Å². The number of nitrogens with one attached hydrogen (secondary N) is 4. The molecule has 8 aromatic heterocycles. The number of hydrogen-bond donors (Lipinski definition) is 4. The van der Waals surface area contributed by atoms with Gasteiger partial charge >= 0.3 is 0 Å². The Labute approximate surface area is 483 Å². The number of aromatic nitrogens is 11. The Bertz CT molecular complexity index is 4220. The second kappa shape index (κ2) is 24.4. The molecule has 4 N–H and O–H groups in total. The molecule has 0 saturated heterocycles. The second-order valence-corrected chi connectivity index (χ2v) is 20.8. The average molecular weight is 1120 g/mol. The van der Waals surface area contributed by atoms with Crippen molar-refractivity contribution >= 4 is 52.1 Å². The van der Waals surface area contributed by atoms with Crippen molar-refractivity contribution in [2.75, 3.05) is 29.6 Å². The Morgan fingerprint density at radius 3 is 1.51 bits per heavy atom. The van der Waals surface area contributed by atoms with Crippen molar-refractivity contribution in [2.45, 2.75) is 63.7 Å². The minimum atomic E-state index is -0.236. The maximum absolute atomic E-state index is 12.9. The molecule has 0 radical (unpaired) electrons. The molecule has 2 unspecified atom stereocenters. The van der Waals surface area contributed by atoms with E-state index < -0.39 is 0 Å². The monoisotopic (exact) mass is 1110 g/mol. The lowest BCUT2D eigenvalue weighted by molar-refractivity contribution is -1.04. The van der Waals surface area contributed by atoms with Crippen LogP contribution in [0.25, 0.3) is 50.7 Å². The lowest BCUT2D eigenvalue weighted by Gasteiger charge is -2.16. The van der Waals surface area contributed by atoms with Crippen molar-refractivity contribution in [1.82, 2.24) is 53.8 Å². The third kappa shape index (κ3) is 12.0. The van der Waals surface area contributed by atoms with E-state index in [4.69, 9.17) is 19.8 Å². The first kappa shape index (κ1) is 54.2. The summed E-state index contributed by atoms with van der Waals surface area (Å²) >= 11 is 0. The first-order chi connectivity index (χ1) is 41.2. The van der Waals surface area contributed by atoms with Gasteiger partial charge in [0.05, 0.1) is 53.9 Å². The topological polar surface area (TPSA) is 217 Å². The lowest BCUT2D eigenvalue weighted by Crippen LogP contribution is -3.06. The van der Waals surface area contributed by atoms with Crippen molar-refractivity contribution in [1.29, 1.82) is 0 Å². The molecule has 2 atom stereocenters. The minimum absolute atomic E-state index is 0.168. The van der Waals surface area contributed by atoms with E-state index in [-0.39, 0.29) is 17.7 Å². The molecule has 84 heavy (non-hydrogen) atoms. The first-order valence-electron chi connectivity index (χ1n) is 28.0. The molecule has 418 valence electrons. The molecule has 2 aliphatic carbocycles. The molecule has 3 aromatic carbocycles. The van der Waals surface area contributed by atoms with E-state index in [2.05, 4.69) is 55.1 Å². The highest BCUT2D eigenvalue weighted by Crippen LogP contribution is 2.43. The fourth-order valence-electron chi connectivity index (χ4n) is 9.86. The maximum Gasteiger partial charge on any atom is 0.258 e. The van der Waals surface area contributed by atoms with E-state index in [1.54, 1.807) is 69.7 Å². The molecule has 11 aromatic rings. The van der Waals surface area contributed by atoms with E-state index in [1.165, 1.54) is 0 Å². The van der Waals surface area contributed by atoms with E-state index in [9.17, 15) is 14.4 Å². The number of amides is 3. The van der Waals surface area contributed by atoms with Crippen molar-refractivity contribution in [3.05, 3.63) is 229 Å². The Balaban J connectivity index is 0.000000124. The van der Waals surface area contributed by atoms with Gasteiger partial charge in [-0.3, -0.25) is 24.4 Å². The molecule has 3 amide bonds. The summed E-state index contributed by atoms with van der Waals surface area (Å²) < 4.78 is 5.15. The second-order valence-electron chi connectivity index (χ2n) is 20.8. The molecule has 0 bridgehead atoms. The highest BCUT2D eigenvalue weighted by Gasteiger charge is 2.30. The summed E-state index contributed by atoms with van der Waals surface area (Å²) in [5, 5.41) is 23.2. The molecule has 9 heterocycles. The fourth-order valence-corrected chi connectivity index (χ4v) is 9.86. The molecular formula is C65H60N15O4+. The van der Waals surface area contributed by atoms with Crippen LogP contribution in [-0.2, 0) is 9.63 Å². The Kier molecular flexibility index (Phi) is 15.7. The van der Waals surface area contributed by atoms with Gasteiger partial charge in [0.1, 0.15) is 30.2 Å². The fraction of sp³-hybridized carbons (Fsp3) is 0.185. The summed E-state index contributed by atoms with van der Waals surface area (Å²) in [5.74, 6) is 2.54. The predicted octanol–water partition coefficient (Wildman–Crippen LogP) is 10.6. The third-order valence-electron chi connectivity index (χ3n) is 15.0. The number of carbonyl (C=O) groups is 3. The number of nitrogens with zero attached hydrogens (tertiary/aromatic N) is 11. The van der Waals surface area contributed by atoms with Gasteiger partial charge in [-0.15, -0.1) is 0 Å². The van der Waals surface area contributed by atoms with Gasteiger partial charge in [-0.1, -0.05) is 105 Å². The predicted molar refractivity (Wildman–Crippen MR) is 321 cm³/mol. The molecule has 1 aliphatic heterocycles. The van der Waals surface area contributed by atoms with Crippen molar-refractivity contribution in [2.24, 2.45) is 0 Å². The van der Waals surface area contributed by atoms with Gasteiger partial charge in [-0.25, -0.2) is 19.8 Å². The third-order valence-corrected chi connectivity index (χ3v) is 15.0. The molecule has 2 saturated carbocycles. The number of fused-ring (bicyclic) bond motifs is 3. The average Bonchev–Trinajstić information content (AvgIpc) is 2.73. The van der Waals surface area contributed by atoms with Crippen LogP contribution in [0.15, 0.2) is 201 Å². The van der Waals surface area contributed by atoms with E-state index in [0.717, 1.165) is 105 Å². The molecule has 0 spiro atoms. The molecule has 14 rings (SSSR count). The summed E-state index contributed by atoms with van der Waals surface area (Å²) in [5.41, 5.74) is 12.8. The standard InChI is InChI=1S/C22H21N5O2.C22H21N5O.C21H17N5O/c1-29-26-11-5-8-17(14-26)22(28)25-20-12-19(16-6-3-2-4-7-16)24-21-18(15-9-10-15)13-23-27(20)21;1-3-15(2)18-14-24-27-20(26-22(28)17-10-7-11-23-13-17)12-19(25-21(18)27)16-8-5-4-6-9-16;27-21(16-8-10-22-11-9-16)25-19-12-18(15-4-2-1-3-5-15)24-20-17(14-6-7-14)13-23-26(19)20/h2-8,11-13,15H,9-10,14H2,1H3,(H,25,28);4-15H,3H2,1-2H3,(H,26,28);1-5,8-14H,6-7H2,(H,25,27)/p+1. The Morgan fingerprint density at radius 1 is 0.560 bits per heavy atom. The summed E-state index contributed by atoms with van der Waals surface area (Å²) in [7, 11) is 1.61. The molecule has 19 heteroatoms. The van der Waals surface area contributed by atoms with Crippen LogP contribution in [0.4, 0.5) is 17.5 Å².